The molecule has 0 aromatic heterocycles. The van der Waals surface area contributed by atoms with Crippen LogP contribution in [0.25, 0.3) is 11.1 Å². The van der Waals surface area contributed by atoms with Gasteiger partial charge in [-0.3, -0.25) is 9.59 Å². The summed E-state index contributed by atoms with van der Waals surface area (Å²) in [6.07, 6.45) is 1.31. The zero-order chi connectivity index (χ0) is 19.7. The summed E-state index contributed by atoms with van der Waals surface area (Å²) in [4.78, 5) is 24.0. The van der Waals surface area contributed by atoms with Gasteiger partial charge in [0.25, 0.3) is 0 Å². The first-order valence-electron chi connectivity index (χ1n) is 8.86. The molecule has 27 heavy (non-hydrogen) atoms. The van der Waals surface area contributed by atoms with Gasteiger partial charge >= 0.3 is 5.97 Å². The first-order chi connectivity index (χ1) is 12.8. The maximum atomic E-state index is 13.7. The molecule has 4 heteroatoms. The highest BCUT2D eigenvalue weighted by Gasteiger charge is 2.26. The van der Waals surface area contributed by atoms with Gasteiger partial charge in [0.2, 0.25) is 0 Å². The summed E-state index contributed by atoms with van der Waals surface area (Å²) in [5.74, 6) is -1.20. The Bertz CT molecular complexity index is 979. The van der Waals surface area contributed by atoms with Crippen molar-refractivity contribution in [2.45, 2.75) is 33.1 Å². The molecule has 3 nitrogen and oxygen atoms in total. The summed E-state index contributed by atoms with van der Waals surface area (Å²) in [5.41, 5.74) is 4.85. The van der Waals surface area contributed by atoms with Gasteiger partial charge in [-0.1, -0.05) is 44.2 Å². The number of rotatable bonds is 5. The number of aliphatic carboxylic acids is 1. The van der Waals surface area contributed by atoms with Crippen molar-refractivity contribution >= 4 is 22.9 Å². The Labute approximate surface area is 157 Å². The summed E-state index contributed by atoms with van der Waals surface area (Å²) >= 11 is 0. The normalized spacial score (nSPS) is 14.8. The maximum Gasteiger partial charge on any atom is 0.307 e. The van der Waals surface area contributed by atoms with E-state index < -0.39 is 11.8 Å². The fraction of sp³-hybridized carbons (Fsp3) is 0.217. The first-order valence-corrected chi connectivity index (χ1v) is 8.86. The molecule has 138 valence electrons. The summed E-state index contributed by atoms with van der Waals surface area (Å²) in [5, 5.41) is 9.19. The van der Waals surface area contributed by atoms with E-state index >= 15 is 0 Å². The van der Waals surface area contributed by atoms with Crippen molar-refractivity contribution in [3.8, 4) is 0 Å². The predicted octanol–water partition coefficient (Wildman–Crippen LogP) is 5.48. The number of carboxylic acid groups (broad SMARTS) is 1. The molecule has 1 aliphatic carbocycles. The minimum absolute atomic E-state index is 0.161. The Morgan fingerprint density at radius 1 is 1.07 bits per heavy atom. The van der Waals surface area contributed by atoms with E-state index in [0.29, 0.717) is 39.3 Å². The Morgan fingerprint density at radius 2 is 1.74 bits per heavy atom. The van der Waals surface area contributed by atoms with E-state index in [0.717, 1.165) is 5.56 Å². The number of hydrogen-bond donors (Lipinski definition) is 1. The molecule has 3 rings (SSSR count). The fourth-order valence-corrected chi connectivity index (χ4v) is 3.38. The third kappa shape index (κ3) is 3.75. The number of carboxylic acids is 1. The average Bonchev–Trinajstić information content (AvgIpc) is 2.86. The van der Waals surface area contributed by atoms with E-state index in [9.17, 15) is 19.1 Å². The monoisotopic (exact) mass is 364 g/mol. The maximum absolute atomic E-state index is 13.7. The van der Waals surface area contributed by atoms with Gasteiger partial charge in [-0.25, -0.2) is 4.39 Å². The van der Waals surface area contributed by atoms with Crippen LogP contribution >= 0.6 is 0 Å². The molecule has 2 aromatic rings. The summed E-state index contributed by atoms with van der Waals surface area (Å²) < 4.78 is 13.7. The molecule has 0 bridgehead atoms. The van der Waals surface area contributed by atoms with Gasteiger partial charge in [0.15, 0.2) is 5.78 Å². The Morgan fingerprint density at radius 3 is 2.33 bits per heavy atom. The van der Waals surface area contributed by atoms with Crippen LogP contribution in [0.1, 0.15) is 60.2 Å². The SMILES string of the molecule is CC1=C(CC(=O)O)c2cc(F)ccc2/C1=C/C(=O)c1ccc(C(C)C)cc1. The quantitative estimate of drug-likeness (QED) is 0.565. The van der Waals surface area contributed by atoms with Crippen LogP contribution in [0.5, 0.6) is 0 Å². The number of ketones is 1. The summed E-state index contributed by atoms with van der Waals surface area (Å²) in [6.45, 7) is 5.95. The lowest BCUT2D eigenvalue weighted by molar-refractivity contribution is -0.135. The molecule has 0 heterocycles. The Hall–Kier alpha value is -3.01. The van der Waals surface area contributed by atoms with Crippen molar-refractivity contribution in [2.75, 3.05) is 0 Å². The van der Waals surface area contributed by atoms with Crippen LogP contribution in [0.4, 0.5) is 4.39 Å². The van der Waals surface area contributed by atoms with E-state index in [-0.39, 0.29) is 12.2 Å². The van der Waals surface area contributed by atoms with Crippen LogP contribution in [-0.2, 0) is 4.79 Å². The highest BCUT2D eigenvalue weighted by Crippen LogP contribution is 2.43. The number of fused-ring (bicyclic) bond motifs is 1. The van der Waals surface area contributed by atoms with Crippen LogP contribution in [0.3, 0.4) is 0 Å². The Balaban J connectivity index is 2.03. The number of allylic oxidation sites excluding steroid dienone is 3. The van der Waals surface area contributed by atoms with Gasteiger partial charge in [-0.05, 0) is 64.5 Å². The van der Waals surface area contributed by atoms with E-state index in [1.54, 1.807) is 25.1 Å². The van der Waals surface area contributed by atoms with Gasteiger partial charge in [0, 0.05) is 5.56 Å². The topological polar surface area (TPSA) is 54.4 Å². The van der Waals surface area contributed by atoms with Gasteiger partial charge in [-0.15, -0.1) is 0 Å². The molecule has 0 spiro atoms. The number of halogens is 1. The third-order valence-electron chi connectivity index (χ3n) is 4.92. The zero-order valence-electron chi connectivity index (χ0n) is 15.5. The van der Waals surface area contributed by atoms with E-state index in [1.807, 2.05) is 12.1 Å². The molecule has 1 aliphatic rings. The molecule has 2 aromatic carbocycles. The number of carbonyl (C=O) groups excluding carboxylic acids is 1. The molecule has 0 saturated carbocycles. The molecule has 0 fully saturated rings. The predicted molar refractivity (Wildman–Crippen MR) is 104 cm³/mol. The molecule has 1 N–H and O–H groups in total. The molecular formula is C23H21FO3. The third-order valence-corrected chi connectivity index (χ3v) is 4.92. The minimum atomic E-state index is -0.989. The van der Waals surface area contributed by atoms with Gasteiger partial charge in [0.1, 0.15) is 5.82 Å². The summed E-state index contributed by atoms with van der Waals surface area (Å²) in [6, 6.07) is 11.7. The number of hydrogen-bond acceptors (Lipinski definition) is 2. The van der Waals surface area contributed by atoms with Crippen molar-refractivity contribution in [3.63, 3.8) is 0 Å². The Kier molecular flexibility index (Phi) is 5.08. The lowest BCUT2D eigenvalue weighted by Crippen LogP contribution is -1.98. The second-order valence-corrected chi connectivity index (χ2v) is 7.06. The smallest absolute Gasteiger partial charge is 0.307 e. The largest absolute Gasteiger partial charge is 0.481 e. The summed E-state index contributed by atoms with van der Waals surface area (Å²) in [7, 11) is 0. The van der Waals surface area contributed by atoms with Crippen molar-refractivity contribution in [1.29, 1.82) is 0 Å². The van der Waals surface area contributed by atoms with Crippen LogP contribution in [-0.4, -0.2) is 16.9 Å². The standard InChI is InChI=1S/C23H21FO3/c1-13(2)15-4-6-16(7-5-15)22(25)11-19-14(3)20(12-23(26)27)21-10-17(24)8-9-18(19)21/h4-11,13H,12H2,1-3H3,(H,26,27)/b19-11+. The van der Waals surface area contributed by atoms with Gasteiger partial charge in [0.05, 0.1) is 6.42 Å². The van der Waals surface area contributed by atoms with Gasteiger partial charge < -0.3 is 5.11 Å². The highest BCUT2D eigenvalue weighted by atomic mass is 19.1. The second kappa shape index (κ2) is 7.31. The van der Waals surface area contributed by atoms with E-state index in [1.165, 1.54) is 18.2 Å². The van der Waals surface area contributed by atoms with Crippen molar-refractivity contribution in [3.05, 3.63) is 82.2 Å². The number of benzene rings is 2. The minimum Gasteiger partial charge on any atom is -0.481 e. The van der Waals surface area contributed by atoms with E-state index in [4.69, 9.17) is 0 Å². The molecular weight excluding hydrogens is 343 g/mol. The number of carbonyl (C=O) groups is 2. The van der Waals surface area contributed by atoms with Crippen LogP contribution in [0.15, 0.2) is 54.1 Å². The molecule has 0 aliphatic heterocycles. The molecule has 0 amide bonds. The zero-order valence-corrected chi connectivity index (χ0v) is 15.5. The highest BCUT2D eigenvalue weighted by molar-refractivity contribution is 6.14. The van der Waals surface area contributed by atoms with Crippen LogP contribution in [0, 0.1) is 5.82 Å². The molecule has 0 radical (unpaired) electrons. The average molecular weight is 364 g/mol. The lowest BCUT2D eigenvalue weighted by atomic mass is 9.97. The second-order valence-electron chi connectivity index (χ2n) is 7.06. The van der Waals surface area contributed by atoms with Crippen LogP contribution in [0.2, 0.25) is 0 Å². The van der Waals surface area contributed by atoms with Crippen molar-refractivity contribution < 1.29 is 19.1 Å². The molecule has 0 saturated heterocycles. The van der Waals surface area contributed by atoms with Crippen molar-refractivity contribution in [2.24, 2.45) is 0 Å². The first kappa shape index (κ1) is 18.8. The fourth-order valence-electron chi connectivity index (χ4n) is 3.38. The van der Waals surface area contributed by atoms with Gasteiger partial charge in [-0.2, -0.15) is 0 Å². The van der Waals surface area contributed by atoms with Crippen LogP contribution < -0.4 is 0 Å². The molecule has 0 atom stereocenters. The van der Waals surface area contributed by atoms with E-state index in [2.05, 4.69) is 13.8 Å². The lowest BCUT2D eigenvalue weighted by Gasteiger charge is -2.06. The molecule has 0 unspecified atom stereocenters. The van der Waals surface area contributed by atoms with Crippen molar-refractivity contribution in [1.82, 2.24) is 0 Å².